The molecule has 5 heteroatoms. The van der Waals surface area contributed by atoms with Crippen LogP contribution < -0.4 is 0 Å². The Labute approximate surface area is 138 Å². The van der Waals surface area contributed by atoms with Gasteiger partial charge in [-0.15, -0.1) is 0 Å². The van der Waals surface area contributed by atoms with Crippen molar-refractivity contribution in [2.24, 2.45) is 0 Å². The Kier molecular flexibility index (Phi) is 4.78. The van der Waals surface area contributed by atoms with E-state index < -0.39 is 10.0 Å². The number of pyridine rings is 1. The molecule has 0 spiro atoms. The zero-order valence-electron chi connectivity index (χ0n) is 13.4. The Morgan fingerprint density at radius 2 is 2.00 bits per heavy atom. The van der Waals surface area contributed by atoms with Crippen LogP contribution in [0.2, 0.25) is 0 Å². The predicted octanol–water partition coefficient (Wildman–Crippen LogP) is 3.56. The fourth-order valence-electron chi connectivity index (χ4n) is 3.19. The summed E-state index contributed by atoms with van der Waals surface area (Å²) >= 11 is 0. The zero-order valence-corrected chi connectivity index (χ0v) is 14.2. The van der Waals surface area contributed by atoms with Crippen molar-refractivity contribution in [3.05, 3.63) is 59.9 Å². The van der Waals surface area contributed by atoms with Crippen molar-refractivity contribution in [2.75, 3.05) is 6.54 Å². The van der Waals surface area contributed by atoms with E-state index in [1.54, 1.807) is 28.8 Å². The first-order valence-electron chi connectivity index (χ1n) is 8.13. The molecule has 1 atom stereocenters. The molecule has 1 fully saturated rings. The number of benzene rings is 1. The highest BCUT2D eigenvalue weighted by Crippen LogP contribution is 2.36. The number of hydrogen-bond donors (Lipinski definition) is 0. The maximum atomic E-state index is 13.0. The molecule has 1 saturated heterocycles. The van der Waals surface area contributed by atoms with Crippen LogP contribution in [-0.4, -0.2) is 24.3 Å². The number of rotatable bonds is 5. The largest absolute Gasteiger partial charge is 0.264 e. The van der Waals surface area contributed by atoms with Gasteiger partial charge in [0.1, 0.15) is 0 Å². The average Bonchev–Trinajstić information content (AvgIpc) is 3.07. The second-order valence-corrected chi connectivity index (χ2v) is 7.84. The SMILES string of the molecule is CCCc1ccc(S(=O)(=O)N2CCCC2c2cccnc2)cc1. The third-order valence-electron chi connectivity index (χ3n) is 4.34. The fourth-order valence-corrected chi connectivity index (χ4v) is 4.87. The fraction of sp³-hybridized carbons (Fsp3) is 0.389. The van der Waals surface area contributed by atoms with Crippen LogP contribution in [0.15, 0.2) is 53.7 Å². The quantitative estimate of drug-likeness (QED) is 0.842. The van der Waals surface area contributed by atoms with E-state index >= 15 is 0 Å². The zero-order chi connectivity index (χ0) is 16.3. The van der Waals surface area contributed by atoms with Crippen LogP contribution in [0, 0.1) is 0 Å². The van der Waals surface area contributed by atoms with Gasteiger partial charge in [0.25, 0.3) is 0 Å². The van der Waals surface area contributed by atoms with E-state index in [4.69, 9.17) is 0 Å². The average molecular weight is 330 g/mol. The Balaban J connectivity index is 1.89. The summed E-state index contributed by atoms with van der Waals surface area (Å²) < 4.78 is 27.6. The molecule has 1 aliphatic rings. The molecule has 2 heterocycles. The van der Waals surface area contributed by atoms with Crippen LogP contribution in [0.3, 0.4) is 0 Å². The number of aryl methyl sites for hydroxylation is 1. The summed E-state index contributed by atoms with van der Waals surface area (Å²) in [5.74, 6) is 0. The molecule has 1 aromatic carbocycles. The van der Waals surface area contributed by atoms with Crippen LogP contribution in [-0.2, 0) is 16.4 Å². The summed E-state index contributed by atoms with van der Waals surface area (Å²) in [7, 11) is -3.46. The van der Waals surface area contributed by atoms with Crippen LogP contribution in [0.25, 0.3) is 0 Å². The molecule has 0 amide bonds. The van der Waals surface area contributed by atoms with Gasteiger partial charge in [0.05, 0.1) is 10.9 Å². The van der Waals surface area contributed by atoms with Crippen LogP contribution in [0.4, 0.5) is 0 Å². The number of hydrogen-bond acceptors (Lipinski definition) is 3. The minimum absolute atomic E-state index is 0.107. The van der Waals surface area contributed by atoms with Crippen molar-refractivity contribution in [1.82, 2.24) is 9.29 Å². The lowest BCUT2D eigenvalue weighted by Gasteiger charge is -2.24. The minimum atomic E-state index is -3.46. The Hall–Kier alpha value is -1.72. The van der Waals surface area contributed by atoms with Crippen molar-refractivity contribution >= 4 is 10.0 Å². The van der Waals surface area contributed by atoms with Gasteiger partial charge in [-0.3, -0.25) is 4.98 Å². The van der Waals surface area contributed by atoms with Gasteiger partial charge in [0.2, 0.25) is 10.0 Å². The Morgan fingerprint density at radius 1 is 1.22 bits per heavy atom. The molecule has 4 nitrogen and oxygen atoms in total. The van der Waals surface area contributed by atoms with E-state index in [0.717, 1.165) is 31.2 Å². The molecule has 122 valence electrons. The van der Waals surface area contributed by atoms with Gasteiger partial charge in [0, 0.05) is 18.9 Å². The van der Waals surface area contributed by atoms with Gasteiger partial charge in [-0.25, -0.2) is 8.42 Å². The van der Waals surface area contributed by atoms with E-state index in [1.807, 2.05) is 24.3 Å². The van der Waals surface area contributed by atoms with Crippen molar-refractivity contribution in [3.63, 3.8) is 0 Å². The molecule has 0 saturated carbocycles. The lowest BCUT2D eigenvalue weighted by atomic mass is 10.1. The predicted molar refractivity (Wildman–Crippen MR) is 90.5 cm³/mol. The van der Waals surface area contributed by atoms with Crippen LogP contribution in [0.1, 0.15) is 43.4 Å². The second-order valence-electron chi connectivity index (χ2n) is 5.95. The highest BCUT2D eigenvalue weighted by Gasteiger charge is 2.36. The molecule has 2 aromatic rings. The summed E-state index contributed by atoms with van der Waals surface area (Å²) in [4.78, 5) is 4.51. The van der Waals surface area contributed by atoms with E-state index in [-0.39, 0.29) is 6.04 Å². The standard InChI is InChI=1S/C18H22N2O2S/c1-2-5-15-8-10-17(11-9-15)23(21,22)20-13-4-7-18(20)16-6-3-12-19-14-16/h3,6,8-12,14,18H,2,4-5,7,13H2,1H3. The van der Waals surface area contributed by atoms with E-state index in [2.05, 4.69) is 11.9 Å². The molecule has 1 aromatic heterocycles. The maximum absolute atomic E-state index is 13.0. The van der Waals surface area contributed by atoms with Crippen molar-refractivity contribution in [1.29, 1.82) is 0 Å². The summed E-state index contributed by atoms with van der Waals surface area (Å²) in [6, 6.07) is 11.0. The van der Waals surface area contributed by atoms with Crippen molar-refractivity contribution in [3.8, 4) is 0 Å². The number of nitrogens with zero attached hydrogens (tertiary/aromatic N) is 2. The molecule has 0 bridgehead atoms. The summed E-state index contributed by atoms with van der Waals surface area (Å²) in [6.45, 7) is 2.69. The number of aromatic nitrogens is 1. The molecule has 23 heavy (non-hydrogen) atoms. The lowest BCUT2D eigenvalue weighted by Crippen LogP contribution is -2.30. The summed E-state index contributed by atoms with van der Waals surface area (Å²) in [5.41, 5.74) is 2.15. The molecule has 1 aliphatic heterocycles. The van der Waals surface area contributed by atoms with Gasteiger partial charge in [-0.1, -0.05) is 31.5 Å². The maximum Gasteiger partial charge on any atom is 0.243 e. The number of sulfonamides is 1. The van der Waals surface area contributed by atoms with E-state index in [9.17, 15) is 8.42 Å². The first kappa shape index (κ1) is 16.1. The third-order valence-corrected chi connectivity index (χ3v) is 6.26. The smallest absolute Gasteiger partial charge is 0.243 e. The second kappa shape index (κ2) is 6.81. The van der Waals surface area contributed by atoms with Gasteiger partial charge >= 0.3 is 0 Å². The van der Waals surface area contributed by atoms with Crippen molar-refractivity contribution < 1.29 is 8.42 Å². The van der Waals surface area contributed by atoms with Gasteiger partial charge in [-0.05, 0) is 48.6 Å². The van der Waals surface area contributed by atoms with Crippen LogP contribution in [0.5, 0.6) is 0 Å². The monoisotopic (exact) mass is 330 g/mol. The molecule has 3 rings (SSSR count). The summed E-state index contributed by atoms with van der Waals surface area (Å²) in [6.07, 6.45) is 7.24. The molecular formula is C18H22N2O2S. The van der Waals surface area contributed by atoms with E-state index in [0.29, 0.717) is 11.4 Å². The van der Waals surface area contributed by atoms with Gasteiger partial charge in [0.15, 0.2) is 0 Å². The van der Waals surface area contributed by atoms with Gasteiger partial charge < -0.3 is 0 Å². The minimum Gasteiger partial charge on any atom is -0.264 e. The normalized spacial score (nSPS) is 19.1. The van der Waals surface area contributed by atoms with Crippen LogP contribution >= 0.6 is 0 Å². The van der Waals surface area contributed by atoms with Gasteiger partial charge in [-0.2, -0.15) is 4.31 Å². The molecule has 0 N–H and O–H groups in total. The molecule has 0 radical (unpaired) electrons. The first-order chi connectivity index (χ1) is 11.1. The van der Waals surface area contributed by atoms with E-state index in [1.165, 1.54) is 5.56 Å². The molecule has 1 unspecified atom stereocenters. The first-order valence-corrected chi connectivity index (χ1v) is 9.57. The third kappa shape index (κ3) is 3.31. The lowest BCUT2D eigenvalue weighted by molar-refractivity contribution is 0.396. The summed E-state index contributed by atoms with van der Waals surface area (Å²) in [5, 5.41) is 0. The van der Waals surface area contributed by atoms with Crippen molar-refractivity contribution in [2.45, 2.75) is 43.5 Å². The molecular weight excluding hydrogens is 308 g/mol. The highest BCUT2D eigenvalue weighted by atomic mass is 32.2. The highest BCUT2D eigenvalue weighted by molar-refractivity contribution is 7.89. The Morgan fingerprint density at radius 3 is 2.65 bits per heavy atom. The molecule has 0 aliphatic carbocycles. The topological polar surface area (TPSA) is 50.3 Å². The Bertz CT molecular complexity index is 742.